The number of fused-ring (bicyclic) bond motifs is 1. The summed E-state index contributed by atoms with van der Waals surface area (Å²) < 4.78 is 3.12. The maximum absolute atomic E-state index is 12.6. The van der Waals surface area contributed by atoms with E-state index in [0.29, 0.717) is 11.4 Å². The first-order chi connectivity index (χ1) is 15.3. The van der Waals surface area contributed by atoms with E-state index in [0.717, 1.165) is 27.5 Å². The molecule has 0 radical (unpaired) electrons. The third kappa shape index (κ3) is 4.15. The Bertz CT molecular complexity index is 1310. The second kappa shape index (κ2) is 8.14. The Morgan fingerprint density at radius 1 is 1.03 bits per heavy atom. The van der Waals surface area contributed by atoms with Crippen molar-refractivity contribution in [3.05, 3.63) is 79.3 Å². The molecule has 0 saturated heterocycles. The molecule has 0 aliphatic carbocycles. The lowest BCUT2D eigenvalue weighted by molar-refractivity contribution is 0.0956. The number of hydrogen-bond donors (Lipinski definition) is 2. The Hall–Kier alpha value is -4.20. The van der Waals surface area contributed by atoms with Gasteiger partial charge in [0.25, 0.3) is 5.91 Å². The number of hydrogen-bond acceptors (Lipinski definition) is 4. The van der Waals surface area contributed by atoms with Crippen LogP contribution in [0, 0.1) is 0 Å². The second-order valence-corrected chi connectivity index (χ2v) is 8.35. The topological polar surface area (TPSA) is 93.8 Å². The van der Waals surface area contributed by atoms with Crippen LogP contribution >= 0.6 is 0 Å². The van der Waals surface area contributed by atoms with Gasteiger partial charge in [0.1, 0.15) is 12.1 Å². The van der Waals surface area contributed by atoms with Crippen molar-refractivity contribution in [3.8, 4) is 5.69 Å². The zero-order valence-corrected chi connectivity index (χ0v) is 18.2. The number of rotatable bonds is 4. The highest BCUT2D eigenvalue weighted by molar-refractivity contribution is 6.01. The van der Waals surface area contributed by atoms with Crippen LogP contribution in [0.5, 0.6) is 0 Å². The molecule has 0 bridgehead atoms. The summed E-state index contributed by atoms with van der Waals surface area (Å²) in [5, 5.41) is 9.80. The van der Waals surface area contributed by atoms with E-state index in [2.05, 4.69) is 27.3 Å². The molecule has 2 aromatic carbocycles. The number of nitrogens with zero attached hydrogens (tertiary/aromatic N) is 4. The van der Waals surface area contributed by atoms with Crippen LogP contribution in [0.25, 0.3) is 16.7 Å². The predicted molar refractivity (Wildman–Crippen MR) is 125 cm³/mol. The van der Waals surface area contributed by atoms with Gasteiger partial charge >= 0.3 is 6.03 Å². The molecule has 2 amide bonds. The van der Waals surface area contributed by atoms with E-state index in [1.54, 1.807) is 24.5 Å². The Morgan fingerprint density at radius 3 is 2.44 bits per heavy atom. The minimum Gasteiger partial charge on any atom is -0.308 e. The number of imidazole rings is 1. The number of aromatic nitrogens is 4. The average molecular weight is 428 g/mol. The third-order valence-corrected chi connectivity index (χ3v) is 4.96. The Morgan fingerprint density at radius 2 is 1.75 bits per heavy atom. The molecule has 2 heterocycles. The average Bonchev–Trinajstić information content (AvgIpc) is 3.38. The van der Waals surface area contributed by atoms with E-state index in [4.69, 9.17) is 0 Å². The Balaban J connectivity index is 1.51. The van der Waals surface area contributed by atoms with E-state index in [-0.39, 0.29) is 11.2 Å². The van der Waals surface area contributed by atoms with Gasteiger partial charge < -0.3 is 5.32 Å². The van der Waals surface area contributed by atoms with Crippen LogP contribution in [-0.2, 0) is 5.41 Å². The first-order valence-corrected chi connectivity index (χ1v) is 10.1. The first-order valence-electron chi connectivity index (χ1n) is 10.1. The number of para-hydroxylation sites is 2. The van der Waals surface area contributed by atoms with Crippen molar-refractivity contribution in [2.75, 3.05) is 10.6 Å². The molecule has 0 unspecified atom stereocenters. The lowest BCUT2D eigenvalue weighted by Crippen LogP contribution is -2.23. The molecule has 2 N–H and O–H groups in total. The lowest BCUT2D eigenvalue weighted by atomic mass is 9.92. The van der Waals surface area contributed by atoms with Gasteiger partial charge in [0.05, 0.1) is 16.7 Å². The van der Waals surface area contributed by atoms with Gasteiger partial charge in [-0.25, -0.2) is 9.78 Å². The summed E-state index contributed by atoms with van der Waals surface area (Å²) in [5.74, 6) is -0.147. The number of nitrogens with one attached hydrogen (secondary N) is 2. The molecule has 8 nitrogen and oxygen atoms in total. The number of urea groups is 1. The summed E-state index contributed by atoms with van der Waals surface area (Å²) in [7, 11) is 0. The SMILES string of the molecule is C=CC(=O)n1nc(C(C)(C)C)cc1NC(=O)Nc1ccc(-n2cnc3ccccc32)cc1. The van der Waals surface area contributed by atoms with Crippen molar-refractivity contribution in [1.82, 2.24) is 19.3 Å². The number of carbonyl (C=O) groups excluding carboxylic acids is 2. The van der Waals surface area contributed by atoms with E-state index < -0.39 is 11.9 Å². The van der Waals surface area contributed by atoms with Crippen molar-refractivity contribution >= 4 is 34.5 Å². The highest BCUT2D eigenvalue weighted by atomic mass is 16.2. The van der Waals surface area contributed by atoms with Crippen molar-refractivity contribution in [1.29, 1.82) is 0 Å². The highest BCUT2D eigenvalue weighted by Crippen LogP contribution is 2.24. The highest BCUT2D eigenvalue weighted by Gasteiger charge is 2.22. The van der Waals surface area contributed by atoms with Crippen LogP contribution < -0.4 is 10.6 Å². The number of benzene rings is 2. The van der Waals surface area contributed by atoms with E-state index in [9.17, 15) is 9.59 Å². The summed E-state index contributed by atoms with van der Waals surface area (Å²) in [4.78, 5) is 29.1. The zero-order valence-electron chi connectivity index (χ0n) is 18.2. The molecule has 4 aromatic rings. The molecule has 4 rings (SSSR count). The molecule has 0 atom stereocenters. The van der Waals surface area contributed by atoms with Crippen molar-refractivity contribution < 1.29 is 9.59 Å². The molecule has 162 valence electrons. The quantitative estimate of drug-likeness (QED) is 0.448. The largest absolute Gasteiger partial charge is 0.324 e. The summed E-state index contributed by atoms with van der Waals surface area (Å²) >= 11 is 0. The molecule has 2 aromatic heterocycles. The molecular formula is C24H24N6O2. The first kappa shape index (κ1) is 21.0. The predicted octanol–water partition coefficient (Wildman–Crippen LogP) is 4.99. The smallest absolute Gasteiger partial charge is 0.308 e. The van der Waals surface area contributed by atoms with E-state index in [1.165, 1.54) is 0 Å². The van der Waals surface area contributed by atoms with Crippen LogP contribution in [0.3, 0.4) is 0 Å². The normalized spacial score (nSPS) is 11.3. The van der Waals surface area contributed by atoms with Gasteiger partial charge in [-0.15, -0.1) is 0 Å². The van der Waals surface area contributed by atoms with Crippen LogP contribution in [0.2, 0.25) is 0 Å². The number of amides is 2. The zero-order chi connectivity index (χ0) is 22.9. The van der Waals surface area contributed by atoms with Gasteiger partial charge in [0, 0.05) is 22.9 Å². The van der Waals surface area contributed by atoms with Gasteiger partial charge in [-0.1, -0.05) is 39.5 Å². The number of anilines is 2. The van der Waals surface area contributed by atoms with Crippen LogP contribution in [-0.4, -0.2) is 31.3 Å². The molecule has 32 heavy (non-hydrogen) atoms. The summed E-state index contributed by atoms with van der Waals surface area (Å²) in [6.45, 7) is 9.44. The van der Waals surface area contributed by atoms with Gasteiger partial charge in [-0.05, 0) is 42.5 Å². The Kier molecular flexibility index (Phi) is 5.36. The fourth-order valence-corrected chi connectivity index (χ4v) is 3.24. The number of allylic oxidation sites excluding steroid dienone is 1. The summed E-state index contributed by atoms with van der Waals surface area (Å²) in [6, 6.07) is 16.5. The minimum atomic E-state index is -0.482. The van der Waals surface area contributed by atoms with Crippen molar-refractivity contribution in [2.45, 2.75) is 26.2 Å². The molecule has 0 saturated carbocycles. The van der Waals surface area contributed by atoms with Crippen LogP contribution in [0.4, 0.5) is 16.3 Å². The summed E-state index contributed by atoms with van der Waals surface area (Å²) in [6.07, 6.45) is 2.92. The van der Waals surface area contributed by atoms with Crippen LogP contribution in [0.1, 0.15) is 31.3 Å². The maximum Gasteiger partial charge on any atom is 0.324 e. The van der Waals surface area contributed by atoms with Gasteiger partial charge in [0.15, 0.2) is 0 Å². The third-order valence-electron chi connectivity index (χ3n) is 4.96. The Labute approximate surface area is 185 Å². The standard InChI is InChI=1S/C24H24N6O2/c1-5-22(31)30-21(14-20(28-30)24(2,3)4)27-23(32)26-16-10-12-17(13-11-16)29-15-25-18-8-6-7-9-19(18)29/h5-15H,1H2,2-4H3,(H2,26,27,32). The number of carbonyl (C=O) groups is 2. The maximum atomic E-state index is 12.6. The monoisotopic (exact) mass is 428 g/mol. The van der Waals surface area contributed by atoms with E-state index in [1.807, 2.05) is 61.7 Å². The molecule has 0 aliphatic rings. The second-order valence-electron chi connectivity index (χ2n) is 8.35. The van der Waals surface area contributed by atoms with Gasteiger partial charge in [-0.3, -0.25) is 14.7 Å². The van der Waals surface area contributed by atoms with Gasteiger partial charge in [0.2, 0.25) is 0 Å². The fourth-order valence-electron chi connectivity index (χ4n) is 3.24. The summed E-state index contributed by atoms with van der Waals surface area (Å²) in [5.41, 5.74) is 3.84. The molecule has 0 aliphatic heterocycles. The fraction of sp³-hybridized carbons (Fsp3) is 0.167. The lowest BCUT2D eigenvalue weighted by Gasteiger charge is -2.13. The molecule has 0 spiro atoms. The van der Waals surface area contributed by atoms with Crippen molar-refractivity contribution in [3.63, 3.8) is 0 Å². The van der Waals surface area contributed by atoms with E-state index >= 15 is 0 Å². The molecule has 0 fully saturated rings. The van der Waals surface area contributed by atoms with Crippen LogP contribution in [0.15, 0.2) is 73.6 Å². The minimum absolute atomic E-state index is 0.277. The molecule has 8 heteroatoms. The molecular weight excluding hydrogens is 404 g/mol. The van der Waals surface area contributed by atoms with Gasteiger partial charge in [-0.2, -0.15) is 9.78 Å². The van der Waals surface area contributed by atoms with Crippen molar-refractivity contribution in [2.24, 2.45) is 0 Å².